The van der Waals surface area contributed by atoms with Crippen molar-refractivity contribution in [3.63, 3.8) is 0 Å². The lowest BCUT2D eigenvalue weighted by Gasteiger charge is -2.08. The van der Waals surface area contributed by atoms with Gasteiger partial charge < -0.3 is 5.32 Å². The van der Waals surface area contributed by atoms with Gasteiger partial charge in [-0.3, -0.25) is 4.72 Å². The van der Waals surface area contributed by atoms with Crippen molar-refractivity contribution in [2.75, 3.05) is 11.3 Å². The van der Waals surface area contributed by atoms with Crippen LogP contribution >= 0.6 is 11.3 Å². The molecule has 0 aliphatic rings. The van der Waals surface area contributed by atoms with E-state index in [1.54, 1.807) is 11.4 Å². The molecule has 0 atom stereocenters. The van der Waals surface area contributed by atoms with Crippen molar-refractivity contribution in [3.8, 4) is 0 Å². The van der Waals surface area contributed by atoms with Gasteiger partial charge in [0.1, 0.15) is 11.2 Å². The maximum absolute atomic E-state index is 12.3. The molecule has 0 amide bonds. The number of rotatable bonds is 7. The Kier molecular flexibility index (Phi) is 5.05. The molecule has 8 heteroatoms. The van der Waals surface area contributed by atoms with Gasteiger partial charge >= 0.3 is 0 Å². The van der Waals surface area contributed by atoms with E-state index in [0.717, 1.165) is 17.8 Å². The molecule has 2 rings (SSSR count). The number of sulfonamides is 1. The van der Waals surface area contributed by atoms with Crippen LogP contribution < -0.4 is 10.0 Å². The molecule has 2 aromatic rings. The van der Waals surface area contributed by atoms with Gasteiger partial charge in [-0.1, -0.05) is 6.92 Å². The average molecular weight is 312 g/mol. The zero-order valence-corrected chi connectivity index (χ0v) is 12.7. The van der Waals surface area contributed by atoms with E-state index in [1.807, 2.05) is 0 Å². The van der Waals surface area contributed by atoms with E-state index in [9.17, 15) is 8.42 Å². The number of anilines is 1. The fraction of sp³-hybridized carbons (Fsp3) is 0.333. The van der Waals surface area contributed by atoms with Crippen LogP contribution in [-0.2, 0) is 16.6 Å². The molecule has 2 N–H and O–H groups in total. The van der Waals surface area contributed by atoms with E-state index in [1.165, 1.54) is 30.1 Å². The van der Waals surface area contributed by atoms with Gasteiger partial charge in [0.15, 0.2) is 0 Å². The Morgan fingerprint density at radius 1 is 1.30 bits per heavy atom. The lowest BCUT2D eigenvalue weighted by molar-refractivity contribution is 0.599. The van der Waals surface area contributed by atoms with Gasteiger partial charge in [0, 0.05) is 11.4 Å². The lowest BCUT2D eigenvalue weighted by atomic mass is 10.4. The third-order valence-corrected chi connectivity index (χ3v) is 5.04. The highest BCUT2D eigenvalue weighted by Gasteiger charge is 2.19. The zero-order chi connectivity index (χ0) is 14.4. The molecule has 0 aromatic carbocycles. The van der Waals surface area contributed by atoms with Gasteiger partial charge in [-0.05, 0) is 24.4 Å². The molecular formula is C12H16N4O2S2. The van der Waals surface area contributed by atoms with E-state index in [2.05, 4.69) is 26.9 Å². The minimum atomic E-state index is -3.60. The molecule has 108 valence electrons. The maximum Gasteiger partial charge on any atom is 0.263 e. The fourth-order valence-corrected chi connectivity index (χ4v) is 4.08. The van der Waals surface area contributed by atoms with E-state index >= 15 is 0 Å². The van der Waals surface area contributed by atoms with Gasteiger partial charge in [0.05, 0.1) is 18.1 Å². The summed E-state index contributed by atoms with van der Waals surface area (Å²) in [5, 5.41) is 4.98. The van der Waals surface area contributed by atoms with Crippen LogP contribution in [0.1, 0.15) is 18.2 Å². The highest BCUT2D eigenvalue weighted by atomic mass is 32.2. The van der Waals surface area contributed by atoms with Crippen LogP contribution in [0.2, 0.25) is 0 Å². The Bertz CT molecular complexity index is 640. The van der Waals surface area contributed by atoms with Gasteiger partial charge in [-0.15, -0.1) is 11.3 Å². The van der Waals surface area contributed by atoms with Gasteiger partial charge in [-0.2, -0.15) is 0 Å². The second-order valence-corrected chi connectivity index (χ2v) is 6.77. The molecule has 2 aromatic heterocycles. The minimum absolute atomic E-state index is 0.301. The Morgan fingerprint density at radius 2 is 2.05 bits per heavy atom. The predicted molar refractivity (Wildman–Crippen MR) is 79.2 cm³/mol. The summed E-state index contributed by atoms with van der Waals surface area (Å²) in [6.45, 7) is 3.47. The lowest BCUT2D eigenvalue weighted by Crippen LogP contribution is -2.18. The summed E-state index contributed by atoms with van der Waals surface area (Å²) in [6, 6.07) is 1.61. The first-order valence-electron chi connectivity index (χ1n) is 6.18. The normalized spacial score (nSPS) is 11.4. The summed E-state index contributed by atoms with van der Waals surface area (Å²) in [6.07, 6.45) is 5.20. The van der Waals surface area contributed by atoms with Crippen molar-refractivity contribution < 1.29 is 8.42 Å². The summed E-state index contributed by atoms with van der Waals surface area (Å²) >= 11 is 1.42. The molecule has 6 nitrogen and oxygen atoms in total. The predicted octanol–water partition coefficient (Wildman–Crippen LogP) is 1.84. The van der Waals surface area contributed by atoms with Crippen molar-refractivity contribution in [1.82, 2.24) is 15.3 Å². The Labute approximate surface area is 122 Å². The largest absolute Gasteiger partial charge is 0.312 e. The molecule has 0 bridgehead atoms. The van der Waals surface area contributed by atoms with E-state index < -0.39 is 10.0 Å². The number of thiophene rings is 1. The quantitative estimate of drug-likeness (QED) is 0.762. The third-order valence-electron chi connectivity index (χ3n) is 2.52. The summed E-state index contributed by atoms with van der Waals surface area (Å²) in [5.74, 6) is 0. The van der Waals surface area contributed by atoms with Crippen LogP contribution in [0, 0.1) is 0 Å². The minimum Gasteiger partial charge on any atom is -0.312 e. The van der Waals surface area contributed by atoms with Crippen LogP contribution in [0.4, 0.5) is 5.69 Å². The second-order valence-electron chi connectivity index (χ2n) is 4.12. The van der Waals surface area contributed by atoms with Crippen LogP contribution in [0.5, 0.6) is 0 Å². The first-order valence-corrected chi connectivity index (χ1v) is 8.54. The van der Waals surface area contributed by atoms with Gasteiger partial charge in [0.25, 0.3) is 10.0 Å². The van der Waals surface area contributed by atoms with Crippen molar-refractivity contribution in [1.29, 1.82) is 0 Å². The standard InChI is InChI=1S/C12H16N4O2S2/c1-2-4-13-8-11-12(3-5-19-11)20(17,18)16-10-6-14-9-15-7-10/h3,5-7,9,13,16H,2,4,8H2,1H3. The number of hydrogen-bond acceptors (Lipinski definition) is 6. The van der Waals surface area contributed by atoms with E-state index in [4.69, 9.17) is 0 Å². The zero-order valence-electron chi connectivity index (χ0n) is 11.0. The topological polar surface area (TPSA) is 84.0 Å². The Morgan fingerprint density at radius 3 is 2.75 bits per heavy atom. The maximum atomic E-state index is 12.3. The van der Waals surface area contributed by atoms with Crippen molar-refractivity contribution >= 4 is 27.0 Å². The number of nitrogens with one attached hydrogen (secondary N) is 2. The molecule has 20 heavy (non-hydrogen) atoms. The molecule has 0 spiro atoms. The summed E-state index contributed by atoms with van der Waals surface area (Å²) in [4.78, 5) is 8.67. The monoisotopic (exact) mass is 312 g/mol. The first-order chi connectivity index (χ1) is 9.63. The van der Waals surface area contributed by atoms with E-state index in [0.29, 0.717) is 17.1 Å². The van der Waals surface area contributed by atoms with Crippen molar-refractivity contribution in [3.05, 3.63) is 35.0 Å². The van der Waals surface area contributed by atoms with Crippen LogP contribution in [0.25, 0.3) is 0 Å². The molecule has 0 aliphatic heterocycles. The molecule has 0 radical (unpaired) electrons. The van der Waals surface area contributed by atoms with Gasteiger partial charge in [-0.25, -0.2) is 18.4 Å². The van der Waals surface area contributed by atoms with Crippen LogP contribution in [0.15, 0.2) is 35.1 Å². The molecular weight excluding hydrogens is 296 g/mol. The number of hydrogen-bond donors (Lipinski definition) is 2. The Hall–Kier alpha value is -1.51. The van der Waals surface area contributed by atoms with Gasteiger partial charge in [0.2, 0.25) is 0 Å². The summed E-state index contributed by atoms with van der Waals surface area (Å²) < 4.78 is 27.1. The first kappa shape index (κ1) is 14.9. The number of aromatic nitrogens is 2. The molecule has 0 saturated heterocycles. The third kappa shape index (κ3) is 3.75. The second kappa shape index (κ2) is 6.78. The van der Waals surface area contributed by atoms with Crippen LogP contribution in [0.3, 0.4) is 0 Å². The molecule has 0 fully saturated rings. The molecule has 0 saturated carbocycles. The highest BCUT2D eigenvalue weighted by molar-refractivity contribution is 7.93. The molecule has 0 unspecified atom stereocenters. The SMILES string of the molecule is CCCNCc1sccc1S(=O)(=O)Nc1cncnc1. The van der Waals surface area contributed by atoms with E-state index in [-0.39, 0.29) is 0 Å². The highest BCUT2D eigenvalue weighted by Crippen LogP contribution is 2.23. The summed E-state index contributed by atoms with van der Waals surface area (Å²) in [7, 11) is -3.60. The smallest absolute Gasteiger partial charge is 0.263 e. The fourth-order valence-electron chi connectivity index (χ4n) is 1.64. The van der Waals surface area contributed by atoms with Crippen molar-refractivity contribution in [2.45, 2.75) is 24.8 Å². The number of nitrogens with zero attached hydrogens (tertiary/aromatic N) is 2. The molecule has 2 heterocycles. The van der Waals surface area contributed by atoms with Crippen molar-refractivity contribution in [2.24, 2.45) is 0 Å². The Balaban J connectivity index is 2.15. The summed E-state index contributed by atoms with van der Waals surface area (Å²) in [5.41, 5.74) is 0.353. The average Bonchev–Trinajstić information content (AvgIpc) is 2.89. The van der Waals surface area contributed by atoms with Crippen LogP contribution in [-0.4, -0.2) is 24.9 Å². The molecule has 0 aliphatic carbocycles.